The molecule has 0 saturated heterocycles. The molecule has 124 valence electrons. The van der Waals surface area contributed by atoms with Gasteiger partial charge in [0.2, 0.25) is 0 Å². The first kappa shape index (κ1) is 15.6. The standard InChI is InChI=1S/C19H15ClN4O/c1-25-14-8-15(18(22-9-14)12-2-4-13(20)6-12)11-3-5-17-16(7-11)19(21)24-10-23-17/h2-10,12H,1H3,(H2,21,23,24). The summed E-state index contributed by atoms with van der Waals surface area (Å²) in [6.45, 7) is 0. The third-order valence-electron chi connectivity index (χ3n) is 4.22. The lowest BCUT2D eigenvalue weighted by Gasteiger charge is -2.14. The van der Waals surface area contributed by atoms with E-state index in [0.717, 1.165) is 27.7 Å². The molecule has 0 amide bonds. The molecule has 0 fully saturated rings. The van der Waals surface area contributed by atoms with E-state index in [1.165, 1.54) is 6.33 Å². The SMILES string of the molecule is COc1cnc(C2C=CC(Cl)=C2)c(-c2ccc3ncnc(N)c3c2)c1. The van der Waals surface area contributed by atoms with Gasteiger partial charge in [-0.1, -0.05) is 29.8 Å². The molecule has 2 aromatic heterocycles. The molecule has 0 radical (unpaired) electrons. The molecule has 2 heterocycles. The molecule has 1 unspecified atom stereocenters. The molecule has 2 N–H and O–H groups in total. The molecule has 0 bridgehead atoms. The molecular formula is C19H15ClN4O. The summed E-state index contributed by atoms with van der Waals surface area (Å²) in [5.74, 6) is 1.16. The summed E-state index contributed by atoms with van der Waals surface area (Å²) in [7, 11) is 1.62. The number of hydrogen-bond donors (Lipinski definition) is 1. The highest BCUT2D eigenvalue weighted by molar-refractivity contribution is 6.31. The summed E-state index contributed by atoms with van der Waals surface area (Å²) in [5.41, 5.74) is 9.65. The minimum atomic E-state index is 0.0217. The summed E-state index contributed by atoms with van der Waals surface area (Å²) in [6, 6.07) is 7.88. The van der Waals surface area contributed by atoms with Crippen LogP contribution in [0.2, 0.25) is 0 Å². The molecule has 0 aliphatic heterocycles. The molecule has 3 aromatic rings. The van der Waals surface area contributed by atoms with Crippen LogP contribution in [0.25, 0.3) is 22.0 Å². The van der Waals surface area contributed by atoms with Gasteiger partial charge in [-0.05, 0) is 29.8 Å². The number of methoxy groups -OCH3 is 1. The van der Waals surface area contributed by atoms with Crippen molar-refractivity contribution >= 4 is 28.3 Å². The average Bonchev–Trinajstić information content (AvgIpc) is 3.07. The van der Waals surface area contributed by atoms with Crippen molar-refractivity contribution in [3.05, 3.63) is 65.7 Å². The van der Waals surface area contributed by atoms with E-state index in [-0.39, 0.29) is 5.92 Å². The first-order valence-electron chi connectivity index (χ1n) is 7.76. The van der Waals surface area contributed by atoms with Crippen molar-refractivity contribution in [2.75, 3.05) is 12.8 Å². The number of rotatable bonds is 3. The second kappa shape index (κ2) is 6.18. The Balaban J connectivity index is 1.92. The normalized spacial score (nSPS) is 16.2. The van der Waals surface area contributed by atoms with Crippen LogP contribution in [0.4, 0.5) is 5.82 Å². The number of aromatic nitrogens is 3. The number of pyridine rings is 1. The Morgan fingerprint density at radius 3 is 2.80 bits per heavy atom. The van der Waals surface area contributed by atoms with Crippen molar-refractivity contribution in [2.24, 2.45) is 0 Å². The highest BCUT2D eigenvalue weighted by Crippen LogP contribution is 2.36. The van der Waals surface area contributed by atoms with Crippen LogP contribution in [0.5, 0.6) is 5.75 Å². The van der Waals surface area contributed by atoms with Crippen molar-refractivity contribution in [3.63, 3.8) is 0 Å². The molecule has 5 nitrogen and oxygen atoms in total. The van der Waals surface area contributed by atoms with E-state index in [4.69, 9.17) is 22.1 Å². The zero-order valence-corrected chi connectivity index (χ0v) is 14.2. The Morgan fingerprint density at radius 1 is 1.16 bits per heavy atom. The van der Waals surface area contributed by atoms with Gasteiger partial charge in [-0.25, -0.2) is 9.97 Å². The van der Waals surface area contributed by atoms with Crippen molar-refractivity contribution in [1.82, 2.24) is 15.0 Å². The molecule has 1 atom stereocenters. The first-order chi connectivity index (χ1) is 12.2. The van der Waals surface area contributed by atoms with E-state index < -0.39 is 0 Å². The van der Waals surface area contributed by atoms with Gasteiger partial charge in [0.05, 0.1) is 24.5 Å². The zero-order chi connectivity index (χ0) is 17.4. The quantitative estimate of drug-likeness (QED) is 0.771. The largest absolute Gasteiger partial charge is 0.495 e. The van der Waals surface area contributed by atoms with E-state index in [2.05, 4.69) is 15.0 Å². The average molecular weight is 351 g/mol. The molecule has 1 aliphatic carbocycles. The number of halogens is 1. The topological polar surface area (TPSA) is 73.9 Å². The van der Waals surface area contributed by atoms with E-state index in [0.29, 0.717) is 16.6 Å². The van der Waals surface area contributed by atoms with Gasteiger partial charge in [0, 0.05) is 21.9 Å². The highest BCUT2D eigenvalue weighted by atomic mass is 35.5. The molecule has 0 spiro atoms. The lowest BCUT2D eigenvalue weighted by atomic mass is 9.95. The van der Waals surface area contributed by atoms with Crippen LogP contribution in [0.1, 0.15) is 11.6 Å². The maximum atomic E-state index is 6.10. The fraction of sp³-hybridized carbons (Fsp3) is 0.105. The predicted molar refractivity (Wildman–Crippen MR) is 99.6 cm³/mol. The van der Waals surface area contributed by atoms with Crippen molar-refractivity contribution in [3.8, 4) is 16.9 Å². The lowest BCUT2D eigenvalue weighted by molar-refractivity contribution is 0.413. The van der Waals surface area contributed by atoms with Gasteiger partial charge in [-0.2, -0.15) is 0 Å². The number of benzene rings is 1. The van der Waals surface area contributed by atoms with Crippen molar-refractivity contribution in [2.45, 2.75) is 5.92 Å². The molecule has 1 aliphatic rings. The molecule has 4 rings (SSSR count). The Labute approximate surface area is 149 Å². The van der Waals surface area contributed by atoms with Gasteiger partial charge >= 0.3 is 0 Å². The fourth-order valence-electron chi connectivity index (χ4n) is 2.96. The third-order valence-corrected chi connectivity index (χ3v) is 4.48. The smallest absolute Gasteiger partial charge is 0.137 e. The van der Waals surface area contributed by atoms with Gasteiger partial charge in [-0.3, -0.25) is 4.98 Å². The van der Waals surface area contributed by atoms with Crippen molar-refractivity contribution in [1.29, 1.82) is 0 Å². The maximum Gasteiger partial charge on any atom is 0.137 e. The van der Waals surface area contributed by atoms with Crippen LogP contribution in [0.3, 0.4) is 0 Å². The van der Waals surface area contributed by atoms with Gasteiger partial charge in [0.25, 0.3) is 0 Å². The summed E-state index contributed by atoms with van der Waals surface area (Å²) >= 11 is 6.10. The van der Waals surface area contributed by atoms with E-state index in [9.17, 15) is 0 Å². The van der Waals surface area contributed by atoms with Gasteiger partial charge in [0.15, 0.2) is 0 Å². The minimum Gasteiger partial charge on any atom is -0.495 e. The Morgan fingerprint density at radius 2 is 2.04 bits per heavy atom. The summed E-state index contributed by atoms with van der Waals surface area (Å²) in [5, 5.41) is 1.52. The number of allylic oxidation sites excluding steroid dienone is 4. The van der Waals surface area contributed by atoms with E-state index >= 15 is 0 Å². The Kier molecular flexibility index (Phi) is 3.86. The molecule has 0 saturated carbocycles. The Hall–Kier alpha value is -2.92. The summed E-state index contributed by atoms with van der Waals surface area (Å²) in [4.78, 5) is 12.9. The Bertz CT molecular complexity index is 1030. The fourth-order valence-corrected chi connectivity index (χ4v) is 3.17. The minimum absolute atomic E-state index is 0.0217. The number of nitrogen functional groups attached to an aromatic ring is 1. The second-order valence-electron chi connectivity index (χ2n) is 5.74. The number of fused-ring (bicyclic) bond motifs is 1. The van der Waals surface area contributed by atoms with Crippen LogP contribution < -0.4 is 10.5 Å². The lowest BCUT2D eigenvalue weighted by Crippen LogP contribution is -2.00. The molecule has 25 heavy (non-hydrogen) atoms. The van der Waals surface area contributed by atoms with Gasteiger partial charge in [0.1, 0.15) is 17.9 Å². The maximum absolute atomic E-state index is 6.10. The number of ether oxygens (including phenoxy) is 1. The summed E-state index contributed by atoms with van der Waals surface area (Å²) in [6.07, 6.45) is 9.06. The molecule has 6 heteroatoms. The van der Waals surface area contributed by atoms with Crippen molar-refractivity contribution < 1.29 is 4.74 Å². The van der Waals surface area contributed by atoms with E-state index in [1.54, 1.807) is 13.3 Å². The predicted octanol–water partition coefficient (Wildman–Crippen LogP) is 4.06. The number of nitrogens with two attached hydrogens (primary N) is 1. The van der Waals surface area contributed by atoms with Crippen LogP contribution >= 0.6 is 11.6 Å². The van der Waals surface area contributed by atoms with Gasteiger partial charge < -0.3 is 10.5 Å². The monoisotopic (exact) mass is 350 g/mol. The van der Waals surface area contributed by atoms with Crippen LogP contribution in [0, 0.1) is 0 Å². The number of nitrogens with zero attached hydrogens (tertiary/aromatic N) is 3. The highest BCUT2D eigenvalue weighted by Gasteiger charge is 2.18. The number of anilines is 1. The van der Waals surface area contributed by atoms with Crippen LogP contribution in [-0.4, -0.2) is 22.1 Å². The first-order valence-corrected chi connectivity index (χ1v) is 8.13. The van der Waals surface area contributed by atoms with E-state index in [1.807, 2.05) is 42.5 Å². The molecular weight excluding hydrogens is 336 g/mol. The number of hydrogen-bond acceptors (Lipinski definition) is 5. The molecule has 1 aromatic carbocycles. The van der Waals surface area contributed by atoms with Gasteiger partial charge in [-0.15, -0.1) is 0 Å². The van der Waals surface area contributed by atoms with Crippen LogP contribution in [-0.2, 0) is 0 Å². The second-order valence-corrected chi connectivity index (χ2v) is 6.17. The zero-order valence-electron chi connectivity index (χ0n) is 13.5. The third kappa shape index (κ3) is 2.83. The van der Waals surface area contributed by atoms with Crippen LogP contribution in [0.15, 0.2) is 60.0 Å². The summed E-state index contributed by atoms with van der Waals surface area (Å²) < 4.78 is 5.35.